The molecular weight excluding hydrogens is 536 g/mol. The SMILES string of the molecule is CCC(C)c1ccc(-c2nc(N(CC)CC)sc2N=Nc2snc(CCOC(=O)CCC(=O)O)c2C#N)cc1. The number of esters is 1. The third-order valence-corrected chi connectivity index (χ3v) is 8.00. The molecule has 0 fully saturated rings. The maximum atomic E-state index is 11.7. The molecule has 0 amide bonds. The van der Waals surface area contributed by atoms with Gasteiger partial charge in [0.2, 0.25) is 0 Å². The van der Waals surface area contributed by atoms with E-state index in [9.17, 15) is 14.9 Å². The maximum Gasteiger partial charge on any atom is 0.306 e. The minimum Gasteiger partial charge on any atom is -0.481 e. The Bertz CT molecular complexity index is 1340. The van der Waals surface area contributed by atoms with Gasteiger partial charge in [-0.05, 0) is 43.3 Å². The topological polar surface area (TPSA) is 141 Å². The van der Waals surface area contributed by atoms with Gasteiger partial charge >= 0.3 is 11.9 Å². The molecule has 0 aliphatic heterocycles. The molecule has 1 N–H and O–H groups in total. The maximum absolute atomic E-state index is 11.7. The predicted molar refractivity (Wildman–Crippen MR) is 152 cm³/mol. The molecule has 0 saturated heterocycles. The van der Waals surface area contributed by atoms with Crippen LogP contribution in [0, 0.1) is 11.3 Å². The zero-order chi connectivity index (χ0) is 28.4. The van der Waals surface area contributed by atoms with E-state index in [1.807, 2.05) is 0 Å². The number of nitrogens with zero attached hydrogens (tertiary/aromatic N) is 6. The van der Waals surface area contributed by atoms with Crippen molar-refractivity contribution < 1.29 is 19.4 Å². The van der Waals surface area contributed by atoms with Crippen LogP contribution in [0.5, 0.6) is 0 Å². The molecule has 0 saturated carbocycles. The summed E-state index contributed by atoms with van der Waals surface area (Å²) in [5, 5.41) is 29.1. The highest BCUT2D eigenvalue weighted by Crippen LogP contribution is 2.41. The minimum absolute atomic E-state index is 0.00762. The average Bonchev–Trinajstić information content (AvgIpc) is 3.54. The summed E-state index contributed by atoms with van der Waals surface area (Å²) in [5.74, 6) is -1.20. The fourth-order valence-corrected chi connectivity index (χ4v) is 5.44. The van der Waals surface area contributed by atoms with Gasteiger partial charge in [-0.3, -0.25) is 9.59 Å². The number of azo groups is 1. The van der Waals surface area contributed by atoms with Gasteiger partial charge in [-0.1, -0.05) is 49.4 Å². The van der Waals surface area contributed by atoms with Crippen LogP contribution >= 0.6 is 22.9 Å². The summed E-state index contributed by atoms with van der Waals surface area (Å²) in [5.41, 5.74) is 3.68. The van der Waals surface area contributed by atoms with E-state index in [1.54, 1.807) is 0 Å². The largest absolute Gasteiger partial charge is 0.481 e. The first-order valence-corrected chi connectivity index (χ1v) is 14.4. The number of nitriles is 1. The second-order valence-corrected chi connectivity index (χ2v) is 10.4. The second kappa shape index (κ2) is 14.5. The summed E-state index contributed by atoms with van der Waals surface area (Å²) >= 11 is 2.49. The Balaban J connectivity index is 1.83. The first kappa shape index (κ1) is 29.9. The number of rotatable bonds is 14. The molecule has 3 aromatic rings. The standard InChI is InChI=1S/C27H32N6O4S2/c1-5-17(4)18-8-10-19(11-9-18)24-26(38-27(29-24)33(6-2)7-3)31-30-25-20(16-28)21(32-39-25)14-15-37-23(36)13-12-22(34)35/h8-11,17H,5-7,12-15H2,1-4H3,(H,34,35). The quantitative estimate of drug-likeness (QED) is 0.164. The zero-order valence-corrected chi connectivity index (χ0v) is 24.1. The Kier molecular flexibility index (Phi) is 11.1. The number of aliphatic carboxylic acids is 1. The number of benzene rings is 1. The van der Waals surface area contributed by atoms with Crippen molar-refractivity contribution in [1.29, 1.82) is 5.26 Å². The molecule has 0 bridgehead atoms. The van der Waals surface area contributed by atoms with Crippen molar-refractivity contribution in [2.24, 2.45) is 10.2 Å². The number of carbonyl (C=O) groups excluding carboxylic acids is 1. The van der Waals surface area contributed by atoms with Crippen molar-refractivity contribution in [2.75, 3.05) is 24.6 Å². The highest BCUT2D eigenvalue weighted by molar-refractivity contribution is 7.19. The Morgan fingerprint density at radius 2 is 1.82 bits per heavy atom. The van der Waals surface area contributed by atoms with Gasteiger partial charge in [-0.15, -0.1) is 10.2 Å². The molecule has 0 aliphatic carbocycles. The van der Waals surface area contributed by atoms with E-state index < -0.39 is 11.9 Å². The molecule has 206 valence electrons. The molecule has 3 rings (SSSR count). The molecule has 0 spiro atoms. The third-order valence-electron chi connectivity index (χ3n) is 6.23. The lowest BCUT2D eigenvalue weighted by atomic mass is 9.97. The van der Waals surface area contributed by atoms with Gasteiger partial charge in [-0.2, -0.15) is 9.64 Å². The normalized spacial score (nSPS) is 11.9. The van der Waals surface area contributed by atoms with Gasteiger partial charge in [0.25, 0.3) is 0 Å². The molecular formula is C27H32N6O4S2. The van der Waals surface area contributed by atoms with Crippen LogP contribution in [0.1, 0.15) is 69.7 Å². The number of hydrogen-bond donors (Lipinski definition) is 1. The summed E-state index contributed by atoms with van der Waals surface area (Å²) in [4.78, 5) is 29.3. The fraction of sp³-hybridized carbons (Fsp3) is 0.444. The highest BCUT2D eigenvalue weighted by atomic mass is 32.1. The Labute approximate surface area is 236 Å². The van der Waals surface area contributed by atoms with Crippen LogP contribution in [-0.4, -0.2) is 46.1 Å². The van der Waals surface area contributed by atoms with Crippen molar-refractivity contribution >= 4 is 49.9 Å². The minimum atomic E-state index is -1.07. The summed E-state index contributed by atoms with van der Waals surface area (Å²) in [6.45, 7) is 10.1. The van der Waals surface area contributed by atoms with Gasteiger partial charge in [0.1, 0.15) is 17.3 Å². The third kappa shape index (κ3) is 7.91. The first-order valence-electron chi connectivity index (χ1n) is 12.8. The second-order valence-electron chi connectivity index (χ2n) is 8.74. The summed E-state index contributed by atoms with van der Waals surface area (Å²) in [6.07, 6.45) is 0.784. The van der Waals surface area contributed by atoms with Crippen molar-refractivity contribution in [3.8, 4) is 17.3 Å². The van der Waals surface area contributed by atoms with Crippen LogP contribution in [0.15, 0.2) is 34.5 Å². The summed E-state index contributed by atoms with van der Waals surface area (Å²) < 4.78 is 9.37. The van der Waals surface area contributed by atoms with Crippen LogP contribution in [0.4, 0.5) is 15.1 Å². The molecule has 1 atom stereocenters. The Morgan fingerprint density at radius 3 is 2.44 bits per heavy atom. The lowest BCUT2D eigenvalue weighted by molar-refractivity contribution is -0.147. The van der Waals surface area contributed by atoms with Crippen molar-refractivity contribution in [2.45, 2.75) is 59.3 Å². The molecule has 2 heterocycles. The smallest absolute Gasteiger partial charge is 0.306 e. The predicted octanol–water partition coefficient (Wildman–Crippen LogP) is 6.86. The van der Waals surface area contributed by atoms with Crippen LogP contribution in [-0.2, 0) is 20.7 Å². The molecule has 0 radical (unpaired) electrons. The molecule has 1 aromatic carbocycles. The number of thiazole rings is 1. The zero-order valence-electron chi connectivity index (χ0n) is 22.5. The van der Waals surface area contributed by atoms with Crippen molar-refractivity contribution in [1.82, 2.24) is 9.36 Å². The number of carboxylic acids is 1. The van der Waals surface area contributed by atoms with Crippen LogP contribution in [0.2, 0.25) is 0 Å². The van der Waals surface area contributed by atoms with E-state index in [4.69, 9.17) is 14.8 Å². The number of carboxylic acid groups (broad SMARTS) is 1. The van der Waals surface area contributed by atoms with E-state index in [1.165, 1.54) is 16.9 Å². The van der Waals surface area contributed by atoms with Crippen LogP contribution in [0.25, 0.3) is 11.3 Å². The van der Waals surface area contributed by atoms with Crippen LogP contribution in [0.3, 0.4) is 0 Å². The van der Waals surface area contributed by atoms with E-state index in [0.717, 1.165) is 47.4 Å². The Morgan fingerprint density at radius 1 is 1.13 bits per heavy atom. The molecule has 10 nitrogen and oxygen atoms in total. The van der Waals surface area contributed by atoms with Crippen molar-refractivity contribution in [3.05, 3.63) is 41.1 Å². The molecule has 39 heavy (non-hydrogen) atoms. The lowest BCUT2D eigenvalue weighted by Crippen LogP contribution is -2.21. The number of anilines is 1. The Hall–Kier alpha value is -3.69. The molecule has 2 aromatic heterocycles. The number of carbonyl (C=O) groups is 2. The van der Waals surface area contributed by atoms with Crippen LogP contribution < -0.4 is 4.90 Å². The fourth-order valence-electron chi connectivity index (χ4n) is 3.69. The number of ether oxygens (including phenoxy) is 1. The summed E-state index contributed by atoms with van der Waals surface area (Å²) in [7, 11) is 0. The molecule has 12 heteroatoms. The van der Waals surface area contributed by atoms with E-state index in [2.05, 4.69) is 77.5 Å². The van der Waals surface area contributed by atoms with Gasteiger partial charge in [0.15, 0.2) is 15.1 Å². The van der Waals surface area contributed by atoms with Gasteiger partial charge < -0.3 is 14.7 Å². The van der Waals surface area contributed by atoms with Gasteiger partial charge in [-0.25, -0.2) is 4.98 Å². The average molecular weight is 569 g/mol. The number of hydrogen-bond acceptors (Lipinski definition) is 11. The summed E-state index contributed by atoms with van der Waals surface area (Å²) in [6, 6.07) is 10.5. The van der Waals surface area contributed by atoms with E-state index in [-0.39, 0.29) is 31.4 Å². The number of aromatic nitrogens is 2. The van der Waals surface area contributed by atoms with Gasteiger partial charge in [0, 0.05) is 25.1 Å². The highest BCUT2D eigenvalue weighted by Gasteiger charge is 2.19. The molecule has 1 unspecified atom stereocenters. The van der Waals surface area contributed by atoms with Crippen molar-refractivity contribution in [3.63, 3.8) is 0 Å². The van der Waals surface area contributed by atoms with E-state index in [0.29, 0.717) is 21.6 Å². The van der Waals surface area contributed by atoms with E-state index >= 15 is 0 Å². The molecule has 0 aliphatic rings. The van der Waals surface area contributed by atoms with Gasteiger partial charge in [0.05, 0.1) is 25.1 Å². The first-order chi connectivity index (χ1) is 18.8. The monoisotopic (exact) mass is 568 g/mol. The lowest BCUT2D eigenvalue weighted by Gasteiger charge is -2.16.